The maximum atomic E-state index is 5.73. The van der Waals surface area contributed by atoms with Crippen molar-refractivity contribution in [2.24, 2.45) is 0 Å². The Morgan fingerprint density at radius 1 is 1.05 bits per heavy atom. The second-order valence-corrected chi connectivity index (χ2v) is 5.89. The summed E-state index contributed by atoms with van der Waals surface area (Å²) in [6.07, 6.45) is 6.17. The summed E-state index contributed by atoms with van der Waals surface area (Å²) >= 11 is 0. The van der Waals surface area contributed by atoms with Gasteiger partial charge in [0.2, 0.25) is 0 Å². The molecule has 1 atom stereocenters. The van der Waals surface area contributed by atoms with Crippen molar-refractivity contribution in [1.29, 1.82) is 0 Å². The molecule has 1 fully saturated rings. The van der Waals surface area contributed by atoms with Crippen molar-refractivity contribution in [3.05, 3.63) is 53.9 Å². The van der Waals surface area contributed by atoms with Crippen molar-refractivity contribution in [1.82, 2.24) is 9.88 Å². The quantitative estimate of drug-likeness (QED) is 0.871. The molecule has 22 heavy (non-hydrogen) atoms. The van der Waals surface area contributed by atoms with E-state index in [1.807, 2.05) is 18.5 Å². The smallest absolute Gasteiger partial charge is 0.161 e. The van der Waals surface area contributed by atoms with E-state index in [-0.39, 0.29) is 0 Å². The maximum absolute atomic E-state index is 5.73. The topological polar surface area (TPSA) is 34.6 Å². The van der Waals surface area contributed by atoms with Crippen LogP contribution in [-0.4, -0.2) is 29.6 Å². The molecule has 2 aliphatic rings. The maximum Gasteiger partial charge on any atom is 0.161 e. The van der Waals surface area contributed by atoms with Crippen LogP contribution >= 0.6 is 0 Å². The van der Waals surface area contributed by atoms with Crippen molar-refractivity contribution >= 4 is 0 Å². The number of rotatable bonds is 3. The standard InChI is InChI=1S/C18H20N2O2/c1-2-16(20(9-1)13-14-5-7-19-8-6-14)15-3-4-17-18(12-15)22-11-10-21-17/h3-8,12,16H,1-2,9-11,13H2. The van der Waals surface area contributed by atoms with Crippen LogP contribution in [0.15, 0.2) is 42.7 Å². The van der Waals surface area contributed by atoms with E-state index in [9.17, 15) is 0 Å². The fraction of sp³-hybridized carbons (Fsp3) is 0.389. The number of fused-ring (bicyclic) bond motifs is 1. The number of aromatic nitrogens is 1. The van der Waals surface area contributed by atoms with Gasteiger partial charge in [-0.3, -0.25) is 9.88 Å². The number of hydrogen-bond acceptors (Lipinski definition) is 4. The van der Waals surface area contributed by atoms with E-state index in [2.05, 4.69) is 34.1 Å². The number of pyridine rings is 1. The molecule has 2 aromatic rings. The van der Waals surface area contributed by atoms with Crippen LogP contribution in [0.25, 0.3) is 0 Å². The predicted octanol–water partition coefficient (Wildman–Crippen LogP) is 3.19. The number of likely N-dealkylation sites (tertiary alicyclic amines) is 1. The second kappa shape index (κ2) is 5.97. The summed E-state index contributed by atoms with van der Waals surface area (Å²) < 4.78 is 11.3. The second-order valence-electron chi connectivity index (χ2n) is 5.89. The zero-order valence-electron chi connectivity index (χ0n) is 12.6. The molecule has 0 saturated carbocycles. The third-order valence-electron chi connectivity index (χ3n) is 4.45. The van der Waals surface area contributed by atoms with Gasteiger partial charge in [0.1, 0.15) is 13.2 Å². The lowest BCUT2D eigenvalue weighted by Gasteiger charge is -2.26. The van der Waals surface area contributed by atoms with Crippen LogP contribution in [-0.2, 0) is 6.54 Å². The van der Waals surface area contributed by atoms with E-state index >= 15 is 0 Å². The van der Waals surface area contributed by atoms with Crippen LogP contribution < -0.4 is 9.47 Å². The molecular weight excluding hydrogens is 276 g/mol. The zero-order chi connectivity index (χ0) is 14.8. The highest BCUT2D eigenvalue weighted by molar-refractivity contribution is 5.44. The summed E-state index contributed by atoms with van der Waals surface area (Å²) in [4.78, 5) is 6.64. The van der Waals surface area contributed by atoms with E-state index in [0.717, 1.165) is 24.6 Å². The Labute approximate surface area is 130 Å². The SMILES string of the molecule is c1cc(CN2CCCC2c2ccc3c(c2)OCCO3)ccn1. The van der Waals surface area contributed by atoms with Crippen molar-refractivity contribution in [2.75, 3.05) is 19.8 Å². The third kappa shape index (κ3) is 2.66. The normalized spacial score (nSPS) is 21.0. The summed E-state index contributed by atoms with van der Waals surface area (Å²) in [7, 11) is 0. The summed E-state index contributed by atoms with van der Waals surface area (Å²) in [6.45, 7) is 3.40. The van der Waals surface area contributed by atoms with E-state index in [1.54, 1.807) is 0 Å². The van der Waals surface area contributed by atoms with E-state index in [4.69, 9.17) is 9.47 Å². The number of hydrogen-bond donors (Lipinski definition) is 0. The van der Waals surface area contributed by atoms with Gasteiger partial charge < -0.3 is 9.47 Å². The van der Waals surface area contributed by atoms with Crippen LogP contribution in [0.3, 0.4) is 0 Å². The van der Waals surface area contributed by atoms with Gasteiger partial charge in [-0.05, 0) is 54.8 Å². The number of nitrogens with zero attached hydrogens (tertiary/aromatic N) is 2. The molecule has 1 saturated heterocycles. The van der Waals surface area contributed by atoms with Gasteiger partial charge >= 0.3 is 0 Å². The average Bonchev–Trinajstić information content (AvgIpc) is 3.03. The number of ether oxygens (including phenoxy) is 2. The van der Waals surface area contributed by atoms with Gasteiger partial charge in [0.15, 0.2) is 11.5 Å². The summed E-state index contributed by atoms with van der Waals surface area (Å²) in [6, 6.07) is 11.0. The lowest BCUT2D eigenvalue weighted by atomic mass is 10.0. The molecule has 2 aliphatic heterocycles. The third-order valence-corrected chi connectivity index (χ3v) is 4.45. The average molecular weight is 296 g/mol. The molecule has 1 aromatic heterocycles. The Bertz CT molecular complexity index is 645. The van der Waals surface area contributed by atoms with Gasteiger partial charge in [0, 0.05) is 25.0 Å². The molecule has 0 bridgehead atoms. The summed E-state index contributed by atoms with van der Waals surface area (Å²) in [5.74, 6) is 1.76. The van der Waals surface area contributed by atoms with Crippen LogP contribution in [0.1, 0.15) is 30.0 Å². The lowest BCUT2D eigenvalue weighted by molar-refractivity contribution is 0.170. The molecule has 0 spiro atoms. The minimum Gasteiger partial charge on any atom is -0.486 e. The van der Waals surface area contributed by atoms with E-state index < -0.39 is 0 Å². The molecule has 0 aliphatic carbocycles. The van der Waals surface area contributed by atoms with Gasteiger partial charge in [-0.1, -0.05) is 6.07 Å². The lowest BCUT2D eigenvalue weighted by Crippen LogP contribution is -2.23. The van der Waals surface area contributed by atoms with E-state index in [0.29, 0.717) is 19.3 Å². The fourth-order valence-corrected chi connectivity index (χ4v) is 3.38. The highest BCUT2D eigenvalue weighted by Crippen LogP contribution is 2.38. The van der Waals surface area contributed by atoms with Crippen LogP contribution in [0, 0.1) is 0 Å². The molecule has 3 heterocycles. The minimum absolute atomic E-state index is 0.462. The summed E-state index contributed by atoms with van der Waals surface area (Å²) in [5, 5.41) is 0. The number of benzene rings is 1. The fourth-order valence-electron chi connectivity index (χ4n) is 3.38. The molecule has 1 aromatic carbocycles. The van der Waals surface area contributed by atoms with E-state index in [1.165, 1.54) is 24.0 Å². The zero-order valence-corrected chi connectivity index (χ0v) is 12.6. The Hall–Kier alpha value is -2.07. The highest BCUT2D eigenvalue weighted by atomic mass is 16.6. The Kier molecular flexibility index (Phi) is 3.69. The molecule has 0 amide bonds. The first-order chi connectivity index (χ1) is 10.9. The van der Waals surface area contributed by atoms with Gasteiger partial charge in [0.25, 0.3) is 0 Å². The Balaban J connectivity index is 1.55. The van der Waals surface area contributed by atoms with Gasteiger partial charge in [-0.2, -0.15) is 0 Å². The molecule has 0 radical (unpaired) electrons. The first-order valence-corrected chi connectivity index (χ1v) is 7.93. The molecule has 4 nitrogen and oxygen atoms in total. The molecule has 114 valence electrons. The van der Waals surface area contributed by atoms with Crippen molar-refractivity contribution < 1.29 is 9.47 Å². The Morgan fingerprint density at radius 2 is 1.86 bits per heavy atom. The van der Waals surface area contributed by atoms with Crippen molar-refractivity contribution in [3.8, 4) is 11.5 Å². The van der Waals surface area contributed by atoms with Gasteiger partial charge in [-0.15, -0.1) is 0 Å². The van der Waals surface area contributed by atoms with Crippen molar-refractivity contribution in [3.63, 3.8) is 0 Å². The van der Waals surface area contributed by atoms with Crippen LogP contribution in [0.5, 0.6) is 11.5 Å². The minimum atomic E-state index is 0.462. The molecule has 4 rings (SSSR count). The molecule has 1 unspecified atom stereocenters. The molecular formula is C18H20N2O2. The first-order valence-electron chi connectivity index (χ1n) is 7.93. The van der Waals surface area contributed by atoms with Crippen LogP contribution in [0.2, 0.25) is 0 Å². The predicted molar refractivity (Wildman–Crippen MR) is 84.1 cm³/mol. The van der Waals surface area contributed by atoms with Crippen molar-refractivity contribution in [2.45, 2.75) is 25.4 Å². The molecule has 4 heteroatoms. The highest BCUT2D eigenvalue weighted by Gasteiger charge is 2.27. The van der Waals surface area contributed by atoms with Crippen LogP contribution in [0.4, 0.5) is 0 Å². The Morgan fingerprint density at radius 3 is 2.73 bits per heavy atom. The first kappa shape index (κ1) is 13.6. The largest absolute Gasteiger partial charge is 0.486 e. The van der Waals surface area contributed by atoms with Gasteiger partial charge in [-0.25, -0.2) is 0 Å². The van der Waals surface area contributed by atoms with Gasteiger partial charge in [0.05, 0.1) is 0 Å². The monoisotopic (exact) mass is 296 g/mol. The molecule has 0 N–H and O–H groups in total. The summed E-state index contributed by atoms with van der Waals surface area (Å²) in [5.41, 5.74) is 2.65.